The van der Waals surface area contributed by atoms with Crippen LogP contribution in [0.2, 0.25) is 0 Å². The van der Waals surface area contributed by atoms with Crippen LogP contribution in [0, 0.1) is 34.0 Å². The van der Waals surface area contributed by atoms with Gasteiger partial charge in [0.25, 0.3) is 0 Å². The van der Waals surface area contributed by atoms with E-state index in [1.54, 1.807) is 36.4 Å². The summed E-state index contributed by atoms with van der Waals surface area (Å²) >= 11 is 5.72. The van der Waals surface area contributed by atoms with Gasteiger partial charge in [0.05, 0.1) is 16.5 Å². The molecule has 0 N–H and O–H groups in total. The van der Waals surface area contributed by atoms with Crippen molar-refractivity contribution in [1.82, 2.24) is 0 Å². The molecule has 0 atom stereocenters. The summed E-state index contributed by atoms with van der Waals surface area (Å²) in [6.45, 7) is -1.81. The van der Waals surface area contributed by atoms with Gasteiger partial charge in [-0.25, -0.2) is 30.8 Å². The van der Waals surface area contributed by atoms with Crippen molar-refractivity contribution in [3.05, 3.63) is 118 Å². The third kappa shape index (κ3) is 9.93. The summed E-state index contributed by atoms with van der Waals surface area (Å²) < 4.78 is 117. The van der Waals surface area contributed by atoms with Crippen molar-refractivity contribution in [2.75, 3.05) is 6.61 Å². The number of carbonyl (C=O) groups excluding carboxylic acids is 1. The monoisotopic (exact) mass is 978 g/mol. The molecule has 0 heterocycles. The fourth-order valence-electron chi connectivity index (χ4n) is 3.26. The van der Waals surface area contributed by atoms with Gasteiger partial charge in [0.1, 0.15) is 23.3 Å². The molecule has 0 unspecified atom stereocenters. The number of halogens is 9. The van der Waals surface area contributed by atoms with Crippen molar-refractivity contribution in [3.63, 3.8) is 0 Å². The molecule has 0 saturated carbocycles. The predicted octanol–water partition coefficient (Wildman–Crippen LogP) is 8.13. The van der Waals surface area contributed by atoms with E-state index in [-0.39, 0.29) is 5.56 Å². The molecule has 0 aliphatic carbocycles. The van der Waals surface area contributed by atoms with Crippen molar-refractivity contribution in [2.45, 2.75) is 19.9 Å². The molecule has 0 aromatic heterocycles. The van der Waals surface area contributed by atoms with Crippen molar-refractivity contribution >= 4 is 94.8 Å². The van der Waals surface area contributed by atoms with Gasteiger partial charge in [-0.15, -0.1) is 0 Å². The summed E-state index contributed by atoms with van der Waals surface area (Å²) in [6.07, 6.45) is 0. The zero-order valence-electron chi connectivity index (χ0n) is 21.0. The predicted molar refractivity (Wildman–Crippen MR) is 171 cm³/mol. The van der Waals surface area contributed by atoms with Crippen LogP contribution in [0.4, 0.5) is 26.3 Å². The van der Waals surface area contributed by atoms with Gasteiger partial charge in [-0.1, -0.05) is 18.2 Å². The molecule has 228 valence electrons. The van der Waals surface area contributed by atoms with E-state index < -0.39 is 62.1 Å². The molecule has 4 aromatic rings. The molecule has 0 spiro atoms. The molecule has 0 radical (unpaired) electrons. The first kappa shape index (κ1) is 35.9. The summed E-state index contributed by atoms with van der Waals surface area (Å²) in [5.74, 6) is -4.04. The van der Waals surface area contributed by atoms with Gasteiger partial charge in [-0.2, -0.15) is 8.78 Å². The fourth-order valence-corrected chi connectivity index (χ4v) is 8.01. The maximum Gasteiger partial charge on any atom is 0.367 e. The van der Waals surface area contributed by atoms with Crippen LogP contribution >= 0.6 is 67.8 Å². The topological polar surface area (TPSA) is 83.5 Å². The SMILES string of the molecule is Fc1cc(F)cc([S+](c2ccccc2)c2cc(F)cc(F)c2)c1.O=C(OCC(F)(F)S(=O)(=O)[O-])c1cc(I)cc(I)c1I. The Morgan fingerprint density at radius 1 is 0.767 bits per heavy atom. The van der Waals surface area contributed by atoms with E-state index in [1.807, 2.05) is 67.8 Å². The lowest BCUT2D eigenvalue weighted by Gasteiger charge is -2.19. The van der Waals surface area contributed by atoms with E-state index in [2.05, 4.69) is 4.74 Å². The Bertz CT molecular complexity index is 1650. The second-order valence-electron chi connectivity index (χ2n) is 8.25. The highest BCUT2D eigenvalue weighted by molar-refractivity contribution is 14.1. The molecular weight excluding hydrogens is 963 g/mol. The Labute approximate surface area is 285 Å². The molecule has 5 nitrogen and oxygen atoms in total. The highest BCUT2D eigenvalue weighted by Crippen LogP contribution is 2.33. The number of carbonyl (C=O) groups is 1. The largest absolute Gasteiger partial charge is 0.743 e. The lowest BCUT2D eigenvalue weighted by molar-refractivity contribution is -0.0100. The van der Waals surface area contributed by atoms with Crippen LogP contribution in [0.15, 0.2) is 93.5 Å². The number of hydrogen-bond donors (Lipinski definition) is 0. The Balaban J connectivity index is 0.000000238. The normalized spacial score (nSPS) is 11.6. The Kier molecular flexibility index (Phi) is 12.6. The van der Waals surface area contributed by atoms with Crippen LogP contribution < -0.4 is 0 Å². The molecule has 16 heteroatoms. The first-order valence-electron chi connectivity index (χ1n) is 11.3. The number of alkyl halides is 2. The summed E-state index contributed by atoms with van der Waals surface area (Å²) in [7, 11) is -6.89. The lowest BCUT2D eigenvalue weighted by atomic mass is 10.2. The third-order valence-electron chi connectivity index (χ3n) is 5.07. The van der Waals surface area contributed by atoms with Crippen molar-refractivity contribution in [3.8, 4) is 0 Å². The van der Waals surface area contributed by atoms with Crippen LogP contribution in [0.5, 0.6) is 0 Å². The molecule has 0 amide bonds. The van der Waals surface area contributed by atoms with Crippen LogP contribution in [0.1, 0.15) is 10.4 Å². The summed E-state index contributed by atoms with van der Waals surface area (Å²) in [5, 5.41) is -4.65. The summed E-state index contributed by atoms with van der Waals surface area (Å²) in [6, 6.07) is 18.3. The first-order chi connectivity index (χ1) is 20.0. The second kappa shape index (κ2) is 15.1. The van der Waals surface area contributed by atoms with Gasteiger partial charge in [0, 0.05) is 47.1 Å². The van der Waals surface area contributed by atoms with Crippen LogP contribution in [0.25, 0.3) is 0 Å². The molecule has 4 aromatic carbocycles. The minimum absolute atomic E-state index is 0.0287. The van der Waals surface area contributed by atoms with E-state index in [4.69, 9.17) is 0 Å². The van der Waals surface area contributed by atoms with Gasteiger partial charge >= 0.3 is 11.2 Å². The first-order valence-corrected chi connectivity index (χ1v) is 17.2. The maximum absolute atomic E-state index is 13.6. The van der Waals surface area contributed by atoms with E-state index in [9.17, 15) is 44.1 Å². The molecule has 43 heavy (non-hydrogen) atoms. The van der Waals surface area contributed by atoms with Gasteiger partial charge < -0.3 is 9.29 Å². The standard InChI is InChI=1S/C18H11F4S.C9H5F2I3O5S/c19-12-6-13(20)9-17(8-12)23(16-4-2-1-3-5-16)18-10-14(21)7-15(22)11-18;10-9(11,20(16,17)18)3-19-8(15)5-1-4(12)2-6(13)7(5)14/h1-11H;1-2H,3H2,(H,16,17,18)/q+1;/p-1. The van der Waals surface area contributed by atoms with E-state index >= 15 is 0 Å². The Morgan fingerprint density at radius 3 is 1.67 bits per heavy atom. The van der Waals surface area contributed by atoms with Crippen LogP contribution in [-0.4, -0.2) is 30.8 Å². The molecule has 0 bridgehead atoms. The summed E-state index contributed by atoms with van der Waals surface area (Å²) in [4.78, 5) is 13.0. The maximum atomic E-state index is 13.6. The van der Waals surface area contributed by atoms with E-state index in [0.717, 1.165) is 12.1 Å². The number of ether oxygens (including phenoxy) is 1. The number of rotatable bonds is 7. The number of esters is 1. The average Bonchev–Trinajstić information content (AvgIpc) is 2.89. The summed E-state index contributed by atoms with van der Waals surface area (Å²) in [5.41, 5.74) is 0.0287. The molecular formula is C27H15F6I3O5S2. The van der Waals surface area contributed by atoms with Crippen molar-refractivity contribution in [2.24, 2.45) is 0 Å². The van der Waals surface area contributed by atoms with E-state index in [0.29, 0.717) is 25.4 Å². The second-order valence-corrected chi connectivity index (χ2v) is 15.3. The minimum Gasteiger partial charge on any atom is -0.743 e. The van der Waals surface area contributed by atoms with Gasteiger partial charge in [-0.3, -0.25) is 0 Å². The van der Waals surface area contributed by atoms with Gasteiger partial charge in [-0.05, 0) is 92.0 Å². The van der Waals surface area contributed by atoms with Crippen molar-refractivity contribution in [1.29, 1.82) is 0 Å². The number of benzene rings is 4. The van der Waals surface area contributed by atoms with E-state index in [1.165, 1.54) is 30.3 Å². The molecule has 0 aliphatic heterocycles. The Morgan fingerprint density at radius 2 is 1.23 bits per heavy atom. The smallest absolute Gasteiger partial charge is 0.367 e. The molecule has 0 saturated heterocycles. The zero-order chi connectivity index (χ0) is 32.1. The lowest BCUT2D eigenvalue weighted by Crippen LogP contribution is -2.34. The minimum atomic E-state index is -5.87. The molecule has 0 fully saturated rings. The Hall–Kier alpha value is -1.62. The van der Waals surface area contributed by atoms with Crippen molar-refractivity contribution < 1.29 is 48.8 Å². The van der Waals surface area contributed by atoms with Crippen LogP contribution in [-0.2, 0) is 25.7 Å². The highest BCUT2D eigenvalue weighted by Gasteiger charge is 2.39. The quantitative estimate of drug-likeness (QED) is 0.0467. The van der Waals surface area contributed by atoms with Crippen LogP contribution in [0.3, 0.4) is 0 Å². The third-order valence-corrected chi connectivity index (χ3v) is 11.7. The molecule has 4 rings (SSSR count). The molecule has 0 aliphatic rings. The van der Waals surface area contributed by atoms with Gasteiger partial charge in [0.15, 0.2) is 31.4 Å². The fraction of sp³-hybridized carbons (Fsp3) is 0.0741. The van der Waals surface area contributed by atoms with Gasteiger partial charge in [0.2, 0.25) is 0 Å². The highest BCUT2D eigenvalue weighted by atomic mass is 127. The zero-order valence-corrected chi connectivity index (χ0v) is 29.1. The average molecular weight is 978 g/mol. The number of hydrogen-bond acceptors (Lipinski definition) is 5.